The smallest absolute Gasteiger partial charge is 0.358 e. The van der Waals surface area contributed by atoms with Crippen LogP contribution >= 0.6 is 0 Å². The molecule has 0 unspecified atom stereocenters. The maximum absolute atomic E-state index is 11.4. The van der Waals surface area contributed by atoms with Crippen LogP contribution in [0.15, 0.2) is 24.5 Å². The van der Waals surface area contributed by atoms with Crippen molar-refractivity contribution >= 4 is 17.3 Å². The van der Waals surface area contributed by atoms with Crippen LogP contribution in [0.2, 0.25) is 0 Å². The van der Waals surface area contributed by atoms with Crippen LogP contribution in [0.4, 0.5) is 5.69 Å². The predicted octanol–water partition coefficient (Wildman–Crippen LogP) is 1.42. The molecule has 7 nitrogen and oxygen atoms in total. The SMILES string of the molecule is CCOC(=O)c1cn2ccc([N+](=O)[O-])cc2n1. The van der Waals surface area contributed by atoms with E-state index in [1.54, 1.807) is 6.92 Å². The maximum atomic E-state index is 11.4. The molecule has 2 rings (SSSR count). The Morgan fingerprint density at radius 2 is 2.41 bits per heavy atom. The first-order valence-electron chi connectivity index (χ1n) is 4.92. The van der Waals surface area contributed by atoms with Gasteiger partial charge in [0.25, 0.3) is 5.69 Å². The summed E-state index contributed by atoms with van der Waals surface area (Å²) in [7, 11) is 0. The summed E-state index contributed by atoms with van der Waals surface area (Å²) in [4.78, 5) is 25.4. The molecule has 0 saturated carbocycles. The highest BCUT2D eigenvalue weighted by molar-refractivity contribution is 5.88. The zero-order valence-electron chi connectivity index (χ0n) is 8.99. The summed E-state index contributed by atoms with van der Waals surface area (Å²) >= 11 is 0. The molecule has 2 aromatic rings. The first-order valence-corrected chi connectivity index (χ1v) is 4.92. The molecule has 0 radical (unpaired) electrons. The van der Waals surface area contributed by atoms with Crippen LogP contribution in [0.25, 0.3) is 5.65 Å². The molecule has 0 spiro atoms. The Morgan fingerprint density at radius 1 is 1.65 bits per heavy atom. The Hall–Kier alpha value is -2.44. The van der Waals surface area contributed by atoms with Gasteiger partial charge in [-0.25, -0.2) is 9.78 Å². The molecular weight excluding hydrogens is 226 g/mol. The third-order valence-electron chi connectivity index (χ3n) is 2.14. The number of hydrogen-bond donors (Lipinski definition) is 0. The first kappa shape index (κ1) is 11.1. The highest BCUT2D eigenvalue weighted by atomic mass is 16.6. The fourth-order valence-electron chi connectivity index (χ4n) is 1.39. The number of ether oxygens (including phenoxy) is 1. The second-order valence-electron chi connectivity index (χ2n) is 3.25. The number of nitrogens with zero attached hydrogens (tertiary/aromatic N) is 3. The molecule has 0 aromatic carbocycles. The Kier molecular flexibility index (Phi) is 2.73. The van der Waals surface area contributed by atoms with E-state index in [2.05, 4.69) is 4.98 Å². The second-order valence-corrected chi connectivity index (χ2v) is 3.25. The molecule has 0 bridgehead atoms. The van der Waals surface area contributed by atoms with Gasteiger partial charge in [-0.3, -0.25) is 10.1 Å². The molecule has 0 fully saturated rings. The van der Waals surface area contributed by atoms with Gasteiger partial charge in [0.15, 0.2) is 5.69 Å². The van der Waals surface area contributed by atoms with Crippen molar-refractivity contribution in [2.45, 2.75) is 6.92 Å². The van der Waals surface area contributed by atoms with E-state index in [9.17, 15) is 14.9 Å². The van der Waals surface area contributed by atoms with Gasteiger partial charge in [-0.05, 0) is 6.92 Å². The van der Waals surface area contributed by atoms with Crippen LogP contribution in [-0.4, -0.2) is 26.9 Å². The summed E-state index contributed by atoms with van der Waals surface area (Å²) in [6.45, 7) is 1.95. The van der Waals surface area contributed by atoms with E-state index in [0.29, 0.717) is 5.65 Å². The molecule has 0 aliphatic rings. The van der Waals surface area contributed by atoms with Crippen LogP contribution in [0, 0.1) is 10.1 Å². The van der Waals surface area contributed by atoms with Gasteiger partial charge in [0.1, 0.15) is 5.65 Å². The van der Waals surface area contributed by atoms with Gasteiger partial charge < -0.3 is 9.14 Å². The van der Waals surface area contributed by atoms with Crippen molar-refractivity contribution in [1.82, 2.24) is 9.38 Å². The van der Waals surface area contributed by atoms with Crippen LogP contribution in [0.3, 0.4) is 0 Å². The molecule has 0 aliphatic carbocycles. The van der Waals surface area contributed by atoms with Gasteiger partial charge in [-0.1, -0.05) is 0 Å². The quantitative estimate of drug-likeness (QED) is 0.456. The Labute approximate surface area is 95.8 Å². The number of carbonyl (C=O) groups excluding carboxylic acids is 1. The molecule has 0 saturated heterocycles. The first-order chi connectivity index (χ1) is 8.11. The number of imidazole rings is 1. The van der Waals surface area contributed by atoms with E-state index in [0.717, 1.165) is 0 Å². The van der Waals surface area contributed by atoms with Crippen LogP contribution < -0.4 is 0 Å². The summed E-state index contributed by atoms with van der Waals surface area (Å²) in [5.41, 5.74) is 0.396. The molecule has 88 valence electrons. The lowest BCUT2D eigenvalue weighted by molar-refractivity contribution is -0.384. The van der Waals surface area contributed by atoms with E-state index in [-0.39, 0.29) is 18.0 Å². The minimum atomic E-state index is -0.543. The van der Waals surface area contributed by atoms with Gasteiger partial charge in [0.05, 0.1) is 17.6 Å². The zero-order chi connectivity index (χ0) is 12.4. The summed E-state index contributed by atoms with van der Waals surface area (Å²) < 4.78 is 6.31. The predicted molar refractivity (Wildman–Crippen MR) is 57.8 cm³/mol. The van der Waals surface area contributed by atoms with Gasteiger partial charge in [0, 0.05) is 18.5 Å². The highest BCUT2D eigenvalue weighted by Crippen LogP contribution is 2.14. The lowest BCUT2D eigenvalue weighted by atomic mass is 10.4. The fraction of sp³-hybridized carbons (Fsp3) is 0.200. The van der Waals surface area contributed by atoms with Gasteiger partial charge >= 0.3 is 5.97 Å². The van der Waals surface area contributed by atoms with Gasteiger partial charge in [-0.15, -0.1) is 0 Å². The summed E-state index contributed by atoms with van der Waals surface area (Å²) in [5.74, 6) is -0.543. The van der Waals surface area contributed by atoms with E-state index in [1.165, 1.54) is 28.9 Å². The van der Waals surface area contributed by atoms with Crippen LogP contribution in [0.1, 0.15) is 17.4 Å². The summed E-state index contributed by atoms with van der Waals surface area (Å²) in [5, 5.41) is 10.6. The maximum Gasteiger partial charge on any atom is 0.358 e. The number of fused-ring (bicyclic) bond motifs is 1. The van der Waals surface area contributed by atoms with Crippen molar-refractivity contribution in [3.8, 4) is 0 Å². The standard InChI is InChI=1S/C10H9N3O4/c1-2-17-10(14)8-6-12-4-3-7(13(15)16)5-9(12)11-8/h3-6H,2H2,1H3. The molecule has 0 N–H and O–H groups in total. The lowest BCUT2D eigenvalue weighted by Gasteiger charge is -1.95. The largest absolute Gasteiger partial charge is 0.461 e. The van der Waals surface area contributed by atoms with Crippen molar-refractivity contribution in [2.24, 2.45) is 0 Å². The third kappa shape index (κ3) is 2.07. The van der Waals surface area contributed by atoms with Gasteiger partial charge in [0.2, 0.25) is 0 Å². The number of esters is 1. The number of hydrogen-bond acceptors (Lipinski definition) is 5. The lowest BCUT2D eigenvalue weighted by Crippen LogP contribution is -2.04. The number of aromatic nitrogens is 2. The van der Waals surface area contributed by atoms with Crippen molar-refractivity contribution < 1.29 is 14.5 Å². The Morgan fingerprint density at radius 3 is 3.06 bits per heavy atom. The molecule has 0 atom stereocenters. The number of carbonyl (C=O) groups is 1. The molecule has 2 aromatic heterocycles. The topological polar surface area (TPSA) is 86.7 Å². The summed E-state index contributed by atoms with van der Waals surface area (Å²) in [6.07, 6.45) is 2.94. The third-order valence-corrected chi connectivity index (χ3v) is 2.14. The van der Waals surface area contributed by atoms with Crippen molar-refractivity contribution in [3.63, 3.8) is 0 Å². The Bertz CT molecular complexity index is 590. The van der Waals surface area contributed by atoms with Crippen LogP contribution in [0.5, 0.6) is 0 Å². The number of pyridine rings is 1. The monoisotopic (exact) mass is 235 g/mol. The van der Waals surface area contributed by atoms with Crippen LogP contribution in [-0.2, 0) is 4.74 Å². The minimum Gasteiger partial charge on any atom is -0.461 e. The number of rotatable bonds is 3. The minimum absolute atomic E-state index is 0.0708. The van der Waals surface area contributed by atoms with Crippen molar-refractivity contribution in [3.05, 3.63) is 40.3 Å². The zero-order valence-corrected chi connectivity index (χ0v) is 8.99. The number of nitro groups is 1. The highest BCUT2D eigenvalue weighted by Gasteiger charge is 2.13. The second kappa shape index (κ2) is 4.20. The fourth-order valence-corrected chi connectivity index (χ4v) is 1.39. The van der Waals surface area contributed by atoms with E-state index in [4.69, 9.17) is 4.74 Å². The van der Waals surface area contributed by atoms with E-state index in [1.807, 2.05) is 0 Å². The molecule has 7 heteroatoms. The van der Waals surface area contributed by atoms with E-state index >= 15 is 0 Å². The van der Waals surface area contributed by atoms with E-state index < -0.39 is 10.9 Å². The average molecular weight is 235 g/mol. The summed E-state index contributed by atoms with van der Waals surface area (Å²) in [6, 6.07) is 2.63. The molecule has 17 heavy (non-hydrogen) atoms. The molecule has 2 heterocycles. The van der Waals surface area contributed by atoms with Crippen molar-refractivity contribution in [2.75, 3.05) is 6.61 Å². The van der Waals surface area contributed by atoms with Crippen molar-refractivity contribution in [1.29, 1.82) is 0 Å². The molecular formula is C10H9N3O4. The molecule has 0 amide bonds. The average Bonchev–Trinajstić information content (AvgIpc) is 2.71. The normalized spacial score (nSPS) is 10.4. The Balaban J connectivity index is 2.43. The van der Waals surface area contributed by atoms with Gasteiger partial charge in [-0.2, -0.15) is 0 Å². The molecule has 0 aliphatic heterocycles.